The molecule has 0 atom stereocenters. The fourth-order valence-electron chi connectivity index (χ4n) is 3.59. The van der Waals surface area contributed by atoms with Crippen molar-refractivity contribution in [2.75, 3.05) is 6.54 Å². The Morgan fingerprint density at radius 1 is 0.700 bits per heavy atom. The minimum atomic E-state index is 0.582. The zero-order valence-corrected chi connectivity index (χ0v) is 17.0. The summed E-state index contributed by atoms with van der Waals surface area (Å²) in [7, 11) is 0. The number of nitrogens with zero attached hydrogens (tertiary/aromatic N) is 7. The highest BCUT2D eigenvalue weighted by Gasteiger charge is 2.14. The number of hydrogen-bond donors (Lipinski definition) is 0. The van der Waals surface area contributed by atoms with Crippen molar-refractivity contribution in [3.05, 3.63) is 83.4 Å². The molecule has 7 nitrogen and oxygen atoms in total. The molecule has 5 rings (SSSR count). The second kappa shape index (κ2) is 8.22. The lowest BCUT2D eigenvalue weighted by molar-refractivity contribution is 0.158. The van der Waals surface area contributed by atoms with Crippen molar-refractivity contribution in [3.8, 4) is 0 Å². The molecule has 0 aliphatic carbocycles. The Morgan fingerprint density at radius 2 is 1.23 bits per heavy atom. The maximum absolute atomic E-state index is 6.38. The highest BCUT2D eigenvalue weighted by Crippen LogP contribution is 2.18. The second-order valence-corrected chi connectivity index (χ2v) is 7.58. The lowest BCUT2D eigenvalue weighted by Crippen LogP contribution is -2.32. The molecule has 0 fully saturated rings. The Hall–Kier alpha value is -3.29. The number of benzene rings is 3. The maximum Gasteiger partial charge on any atom is 0.113 e. The molecule has 0 radical (unpaired) electrons. The van der Waals surface area contributed by atoms with E-state index in [2.05, 4.69) is 31.6 Å². The van der Waals surface area contributed by atoms with Crippen LogP contribution in [0.15, 0.2) is 72.8 Å². The summed E-state index contributed by atoms with van der Waals surface area (Å²) in [6.45, 7) is 1.95. The first-order valence-electron chi connectivity index (χ1n) is 9.80. The minimum absolute atomic E-state index is 0.582. The van der Waals surface area contributed by atoms with Gasteiger partial charge < -0.3 is 0 Å². The van der Waals surface area contributed by atoms with Crippen LogP contribution < -0.4 is 0 Å². The molecule has 150 valence electrons. The first-order chi connectivity index (χ1) is 14.8. The summed E-state index contributed by atoms with van der Waals surface area (Å²) in [5, 5.41) is 18.1. The lowest BCUT2D eigenvalue weighted by Gasteiger charge is -2.22. The summed E-state index contributed by atoms with van der Waals surface area (Å²) in [6, 6.07) is 23.9. The third kappa shape index (κ3) is 3.77. The Labute approximate surface area is 178 Å². The lowest BCUT2D eigenvalue weighted by atomic mass is 10.1. The van der Waals surface area contributed by atoms with Gasteiger partial charge in [0.25, 0.3) is 0 Å². The Kier molecular flexibility index (Phi) is 5.13. The molecule has 0 bridgehead atoms. The normalized spacial score (nSPS) is 11.7. The molecule has 0 unspecified atom stereocenters. The monoisotopic (exact) mass is 417 g/mol. The summed E-state index contributed by atoms with van der Waals surface area (Å²) in [6.07, 6.45) is 0.818. The van der Waals surface area contributed by atoms with E-state index in [4.69, 9.17) is 11.6 Å². The summed E-state index contributed by atoms with van der Waals surface area (Å²) >= 11 is 6.38. The average Bonchev–Trinajstić information content (AvgIpc) is 3.38. The van der Waals surface area contributed by atoms with Crippen molar-refractivity contribution in [1.82, 2.24) is 34.9 Å². The fraction of sp³-hybridized carbons (Fsp3) is 0.182. The molecule has 30 heavy (non-hydrogen) atoms. The maximum atomic E-state index is 6.38. The van der Waals surface area contributed by atoms with Gasteiger partial charge in [-0.25, -0.2) is 9.36 Å². The van der Waals surface area contributed by atoms with Gasteiger partial charge in [0.15, 0.2) is 0 Å². The first-order valence-corrected chi connectivity index (χ1v) is 10.2. The van der Waals surface area contributed by atoms with Gasteiger partial charge in [-0.1, -0.05) is 64.5 Å². The fourth-order valence-corrected chi connectivity index (χ4v) is 3.82. The summed E-state index contributed by atoms with van der Waals surface area (Å²) in [4.78, 5) is 2.27. The molecule has 0 spiro atoms. The largest absolute Gasteiger partial charge is 0.264 e. The van der Waals surface area contributed by atoms with Crippen LogP contribution in [-0.2, 0) is 19.8 Å². The third-order valence-electron chi connectivity index (χ3n) is 5.16. The van der Waals surface area contributed by atoms with Crippen LogP contribution in [0.3, 0.4) is 0 Å². The molecule has 0 aliphatic rings. The molecular weight excluding hydrogens is 398 g/mol. The zero-order chi connectivity index (χ0) is 20.3. The molecule has 5 aromatic rings. The van der Waals surface area contributed by atoms with Crippen molar-refractivity contribution < 1.29 is 0 Å². The molecule has 0 amide bonds. The van der Waals surface area contributed by atoms with E-state index < -0.39 is 0 Å². The molecule has 0 aliphatic heterocycles. The van der Waals surface area contributed by atoms with E-state index in [1.807, 2.05) is 76.1 Å². The van der Waals surface area contributed by atoms with Crippen LogP contribution in [0.5, 0.6) is 0 Å². The number of halogens is 1. The predicted octanol–water partition coefficient (Wildman–Crippen LogP) is 3.99. The van der Waals surface area contributed by atoms with E-state index in [1.54, 1.807) is 0 Å². The highest BCUT2D eigenvalue weighted by molar-refractivity contribution is 6.31. The summed E-state index contributed by atoms with van der Waals surface area (Å²) in [5.41, 5.74) is 4.90. The van der Waals surface area contributed by atoms with Crippen LogP contribution in [0.1, 0.15) is 5.56 Å². The Balaban J connectivity index is 1.43. The predicted molar refractivity (Wildman–Crippen MR) is 117 cm³/mol. The van der Waals surface area contributed by atoms with Crippen LogP contribution in [0.2, 0.25) is 5.02 Å². The van der Waals surface area contributed by atoms with Crippen LogP contribution in [0.25, 0.3) is 22.1 Å². The van der Waals surface area contributed by atoms with Gasteiger partial charge in [-0.2, -0.15) is 0 Å². The van der Waals surface area contributed by atoms with Crippen molar-refractivity contribution in [2.24, 2.45) is 0 Å². The topological polar surface area (TPSA) is 64.7 Å². The molecule has 0 N–H and O–H groups in total. The second-order valence-electron chi connectivity index (χ2n) is 7.17. The SMILES string of the molecule is Clc1ccccc1CCN(Cn1nnc2ccccc21)Cn1nnc2ccccc21. The van der Waals surface area contributed by atoms with Gasteiger partial charge in [0.05, 0.1) is 24.4 Å². The van der Waals surface area contributed by atoms with E-state index in [0.717, 1.165) is 45.6 Å². The molecular formula is C22H20ClN7. The Bertz CT molecular complexity index is 1220. The van der Waals surface area contributed by atoms with Crippen LogP contribution in [0, 0.1) is 0 Å². The zero-order valence-electron chi connectivity index (χ0n) is 16.3. The third-order valence-corrected chi connectivity index (χ3v) is 5.53. The number of hydrogen-bond acceptors (Lipinski definition) is 5. The smallest absolute Gasteiger partial charge is 0.113 e. The van der Waals surface area contributed by atoms with E-state index >= 15 is 0 Å². The van der Waals surface area contributed by atoms with Gasteiger partial charge in [0.2, 0.25) is 0 Å². The number of rotatable bonds is 7. The minimum Gasteiger partial charge on any atom is -0.264 e. The number of fused-ring (bicyclic) bond motifs is 2. The van der Waals surface area contributed by atoms with E-state index in [9.17, 15) is 0 Å². The van der Waals surface area contributed by atoms with E-state index in [-0.39, 0.29) is 0 Å². The van der Waals surface area contributed by atoms with Gasteiger partial charge in [-0.15, -0.1) is 10.2 Å². The standard InChI is InChI=1S/C22H20ClN7/c23-18-8-2-1-7-17(18)13-14-28(15-29-21-11-5-3-9-19(21)24-26-29)16-30-22-12-6-4-10-20(22)25-27-30/h1-12H,13-16H2. The number of para-hydroxylation sites is 2. The van der Waals surface area contributed by atoms with Gasteiger partial charge in [0, 0.05) is 11.6 Å². The Morgan fingerprint density at radius 3 is 1.83 bits per heavy atom. The van der Waals surface area contributed by atoms with E-state index in [1.165, 1.54) is 0 Å². The first kappa shape index (κ1) is 18.7. The summed E-state index contributed by atoms with van der Waals surface area (Å²) in [5.74, 6) is 0. The molecule has 3 aromatic carbocycles. The van der Waals surface area contributed by atoms with Crippen LogP contribution in [0.4, 0.5) is 0 Å². The average molecular weight is 418 g/mol. The van der Waals surface area contributed by atoms with E-state index in [0.29, 0.717) is 13.3 Å². The molecule has 0 saturated heterocycles. The van der Waals surface area contributed by atoms with Crippen LogP contribution >= 0.6 is 11.6 Å². The van der Waals surface area contributed by atoms with Gasteiger partial charge >= 0.3 is 0 Å². The quantitative estimate of drug-likeness (QED) is 0.400. The summed E-state index contributed by atoms with van der Waals surface area (Å²) < 4.78 is 3.84. The molecule has 2 heterocycles. The molecule has 8 heteroatoms. The number of aromatic nitrogens is 6. The van der Waals surface area contributed by atoms with Crippen LogP contribution in [-0.4, -0.2) is 41.4 Å². The molecule has 0 saturated carbocycles. The van der Waals surface area contributed by atoms with Gasteiger partial charge in [-0.3, -0.25) is 4.90 Å². The van der Waals surface area contributed by atoms with Gasteiger partial charge in [-0.05, 0) is 42.3 Å². The van der Waals surface area contributed by atoms with Crippen molar-refractivity contribution >= 4 is 33.7 Å². The van der Waals surface area contributed by atoms with Crippen molar-refractivity contribution in [2.45, 2.75) is 19.8 Å². The molecule has 2 aromatic heterocycles. The van der Waals surface area contributed by atoms with Gasteiger partial charge in [0.1, 0.15) is 11.0 Å². The van der Waals surface area contributed by atoms with Crippen molar-refractivity contribution in [1.29, 1.82) is 0 Å². The van der Waals surface area contributed by atoms with Crippen molar-refractivity contribution in [3.63, 3.8) is 0 Å². The highest BCUT2D eigenvalue weighted by atomic mass is 35.5.